The van der Waals surface area contributed by atoms with Gasteiger partial charge in [-0.2, -0.15) is 0 Å². The topological polar surface area (TPSA) is 78.2 Å². The van der Waals surface area contributed by atoms with Crippen LogP contribution in [0.4, 0.5) is 5.69 Å². The Kier molecular flexibility index (Phi) is 5.00. The Morgan fingerprint density at radius 2 is 2.00 bits per heavy atom. The Hall–Kier alpha value is -2.54. The fourth-order valence-electron chi connectivity index (χ4n) is 1.85. The van der Waals surface area contributed by atoms with Crippen LogP contribution in [0, 0.1) is 17.0 Å². The molecule has 3 rings (SSSR count). The molecule has 3 aromatic rings. The van der Waals surface area contributed by atoms with Crippen molar-refractivity contribution in [1.82, 2.24) is 9.97 Å². The van der Waals surface area contributed by atoms with Gasteiger partial charge in [-0.05, 0) is 30.5 Å². The summed E-state index contributed by atoms with van der Waals surface area (Å²) in [6, 6.07) is 6.50. The number of nitrogens with zero attached hydrogens (tertiary/aromatic N) is 3. The van der Waals surface area contributed by atoms with Crippen molar-refractivity contribution < 1.29 is 9.66 Å². The number of aryl methyl sites for hydroxylation is 1. The molecule has 0 N–H and O–H groups in total. The molecule has 7 heteroatoms. The van der Waals surface area contributed by atoms with Crippen molar-refractivity contribution in [2.45, 2.75) is 20.8 Å². The molecular weight excluding hydrogens is 302 g/mol. The van der Waals surface area contributed by atoms with Crippen molar-refractivity contribution >= 4 is 27.2 Å². The second-order valence-corrected chi connectivity index (χ2v) is 5.04. The number of rotatable bonds is 3. The van der Waals surface area contributed by atoms with Gasteiger partial charge in [0.05, 0.1) is 10.4 Å². The smallest absolute Gasteiger partial charge is 0.272 e. The fourth-order valence-corrected chi connectivity index (χ4v) is 2.62. The van der Waals surface area contributed by atoms with Gasteiger partial charge in [0.1, 0.15) is 16.8 Å². The van der Waals surface area contributed by atoms with E-state index in [9.17, 15) is 10.1 Å². The summed E-state index contributed by atoms with van der Waals surface area (Å²) in [5.41, 5.74) is 1.43. The van der Waals surface area contributed by atoms with Gasteiger partial charge < -0.3 is 4.74 Å². The number of nitro benzene ring substituents is 1. The third-order valence-electron chi connectivity index (χ3n) is 2.79. The number of hydrogen-bond donors (Lipinski definition) is 0. The van der Waals surface area contributed by atoms with Gasteiger partial charge in [0.25, 0.3) is 5.69 Å². The number of ether oxygens (including phenoxy) is 1. The fraction of sp³-hybridized carbons (Fsp3) is 0.200. The molecule has 6 nitrogen and oxygen atoms in total. The van der Waals surface area contributed by atoms with E-state index in [-0.39, 0.29) is 5.69 Å². The molecule has 0 aliphatic heterocycles. The maximum atomic E-state index is 10.8. The molecule has 2 heterocycles. The second kappa shape index (κ2) is 6.95. The number of aromatic nitrogens is 2. The molecule has 0 aliphatic rings. The normalized spacial score (nSPS) is 9.95. The molecular formula is C15H15N3O3S. The first-order valence-electron chi connectivity index (χ1n) is 6.76. The predicted octanol–water partition coefficient (Wildman–Crippen LogP) is 4.73. The number of nitro groups is 1. The average molecular weight is 317 g/mol. The molecule has 0 saturated heterocycles. The van der Waals surface area contributed by atoms with E-state index in [1.54, 1.807) is 19.1 Å². The van der Waals surface area contributed by atoms with Crippen molar-refractivity contribution in [2.75, 3.05) is 0 Å². The Labute approximate surface area is 131 Å². The van der Waals surface area contributed by atoms with Crippen LogP contribution in [0.25, 0.3) is 10.2 Å². The molecule has 0 radical (unpaired) electrons. The molecule has 0 spiro atoms. The van der Waals surface area contributed by atoms with Crippen LogP contribution >= 0.6 is 11.3 Å². The lowest BCUT2D eigenvalue weighted by molar-refractivity contribution is -0.385. The van der Waals surface area contributed by atoms with Crippen LogP contribution in [0.15, 0.2) is 36.0 Å². The highest BCUT2D eigenvalue weighted by Crippen LogP contribution is 2.32. The van der Waals surface area contributed by atoms with E-state index in [1.165, 1.54) is 23.7 Å². The van der Waals surface area contributed by atoms with Gasteiger partial charge >= 0.3 is 0 Å². The molecule has 0 unspecified atom stereocenters. The molecule has 0 aliphatic carbocycles. The lowest BCUT2D eigenvalue weighted by Gasteiger charge is -2.06. The largest absolute Gasteiger partial charge is 0.437 e. The van der Waals surface area contributed by atoms with E-state index >= 15 is 0 Å². The summed E-state index contributed by atoms with van der Waals surface area (Å²) < 4.78 is 6.55. The van der Waals surface area contributed by atoms with Crippen LogP contribution in [0.2, 0.25) is 0 Å². The molecule has 2 aromatic heterocycles. The van der Waals surface area contributed by atoms with Crippen molar-refractivity contribution in [3.63, 3.8) is 0 Å². The highest BCUT2D eigenvalue weighted by atomic mass is 32.1. The summed E-state index contributed by atoms with van der Waals surface area (Å²) in [5.74, 6) is 0.972. The SMILES string of the molecule is CC.Cc1cc(Oc2ncnc3ccsc23)ccc1[N+](=O)[O-]. The van der Waals surface area contributed by atoms with E-state index in [0.29, 0.717) is 17.2 Å². The summed E-state index contributed by atoms with van der Waals surface area (Å²) >= 11 is 1.49. The van der Waals surface area contributed by atoms with Gasteiger partial charge in [-0.15, -0.1) is 11.3 Å². The van der Waals surface area contributed by atoms with Crippen LogP contribution in [0.1, 0.15) is 19.4 Å². The summed E-state index contributed by atoms with van der Waals surface area (Å²) in [5, 5.41) is 12.7. The zero-order valence-electron chi connectivity index (χ0n) is 12.4. The first kappa shape index (κ1) is 15.8. The Balaban J connectivity index is 0.000000847. The molecule has 0 fully saturated rings. The predicted molar refractivity (Wildman–Crippen MR) is 86.7 cm³/mol. The van der Waals surface area contributed by atoms with Crippen LogP contribution in [0.5, 0.6) is 11.6 Å². The monoisotopic (exact) mass is 317 g/mol. The van der Waals surface area contributed by atoms with Crippen LogP contribution in [0.3, 0.4) is 0 Å². The van der Waals surface area contributed by atoms with Gasteiger partial charge in [0.2, 0.25) is 5.88 Å². The lowest BCUT2D eigenvalue weighted by atomic mass is 10.2. The molecule has 0 bridgehead atoms. The van der Waals surface area contributed by atoms with Gasteiger partial charge in [-0.3, -0.25) is 10.1 Å². The average Bonchev–Trinajstić information content (AvgIpc) is 2.98. The number of hydrogen-bond acceptors (Lipinski definition) is 6. The highest BCUT2D eigenvalue weighted by molar-refractivity contribution is 7.17. The molecule has 0 amide bonds. The molecule has 114 valence electrons. The Morgan fingerprint density at radius 1 is 1.23 bits per heavy atom. The van der Waals surface area contributed by atoms with E-state index in [2.05, 4.69) is 9.97 Å². The maximum Gasteiger partial charge on any atom is 0.272 e. The van der Waals surface area contributed by atoms with Gasteiger partial charge in [0, 0.05) is 11.6 Å². The van der Waals surface area contributed by atoms with Gasteiger partial charge in [0.15, 0.2) is 0 Å². The third kappa shape index (κ3) is 3.20. The second-order valence-electron chi connectivity index (χ2n) is 4.12. The minimum Gasteiger partial charge on any atom is -0.437 e. The van der Waals surface area contributed by atoms with E-state index < -0.39 is 4.92 Å². The van der Waals surface area contributed by atoms with Crippen molar-refractivity contribution in [3.8, 4) is 11.6 Å². The maximum absolute atomic E-state index is 10.8. The molecule has 0 atom stereocenters. The first-order valence-corrected chi connectivity index (χ1v) is 7.64. The zero-order valence-corrected chi connectivity index (χ0v) is 13.3. The molecule has 22 heavy (non-hydrogen) atoms. The lowest BCUT2D eigenvalue weighted by Crippen LogP contribution is -1.93. The quantitative estimate of drug-likeness (QED) is 0.515. The zero-order chi connectivity index (χ0) is 16.1. The van der Waals surface area contributed by atoms with E-state index in [0.717, 1.165) is 10.2 Å². The Morgan fingerprint density at radius 3 is 2.68 bits per heavy atom. The summed E-state index contributed by atoms with van der Waals surface area (Å²) in [6.07, 6.45) is 1.43. The van der Waals surface area contributed by atoms with Crippen molar-refractivity contribution in [3.05, 3.63) is 51.7 Å². The van der Waals surface area contributed by atoms with Gasteiger partial charge in [-0.25, -0.2) is 9.97 Å². The van der Waals surface area contributed by atoms with Crippen LogP contribution < -0.4 is 4.74 Å². The standard InChI is InChI=1S/C13H9N3O3S.C2H6/c1-8-6-9(2-3-11(8)16(17)18)19-13-12-10(4-5-20-12)14-7-15-13;1-2/h2-7H,1H3;1-2H3. The van der Waals surface area contributed by atoms with Gasteiger partial charge in [-0.1, -0.05) is 13.8 Å². The van der Waals surface area contributed by atoms with E-state index in [4.69, 9.17) is 4.74 Å². The minimum absolute atomic E-state index is 0.0707. The first-order chi connectivity index (χ1) is 10.6. The Bertz CT molecular complexity index is 802. The highest BCUT2D eigenvalue weighted by Gasteiger charge is 2.12. The summed E-state index contributed by atoms with van der Waals surface area (Å²) in [4.78, 5) is 18.6. The van der Waals surface area contributed by atoms with Crippen LogP contribution in [-0.2, 0) is 0 Å². The third-order valence-corrected chi connectivity index (χ3v) is 3.68. The number of thiophene rings is 1. The summed E-state index contributed by atoms with van der Waals surface area (Å²) in [7, 11) is 0. The van der Waals surface area contributed by atoms with Crippen LogP contribution in [-0.4, -0.2) is 14.9 Å². The van der Waals surface area contributed by atoms with E-state index in [1.807, 2.05) is 25.3 Å². The molecule has 0 saturated carbocycles. The number of fused-ring (bicyclic) bond motifs is 1. The minimum atomic E-state index is -0.415. The number of benzene rings is 1. The van der Waals surface area contributed by atoms with Crippen molar-refractivity contribution in [2.24, 2.45) is 0 Å². The van der Waals surface area contributed by atoms with Crippen molar-refractivity contribution in [1.29, 1.82) is 0 Å². The molecule has 1 aromatic carbocycles. The summed E-state index contributed by atoms with van der Waals surface area (Å²) in [6.45, 7) is 5.67.